The Hall–Kier alpha value is -1.32. The van der Waals surface area contributed by atoms with Crippen molar-refractivity contribution in [2.75, 3.05) is 25.2 Å². The van der Waals surface area contributed by atoms with Crippen molar-refractivity contribution in [1.82, 2.24) is 4.90 Å². The number of hydrogen-bond donors (Lipinski definition) is 1. The van der Waals surface area contributed by atoms with E-state index in [-0.39, 0.29) is 23.3 Å². The van der Waals surface area contributed by atoms with Crippen molar-refractivity contribution >= 4 is 33.0 Å². The van der Waals surface area contributed by atoms with Crippen molar-refractivity contribution < 1.29 is 26.4 Å². The maximum absolute atomic E-state index is 12.8. The normalized spacial score (nSPS) is 21.3. The molecule has 0 aromatic heterocycles. The Labute approximate surface area is 161 Å². The second kappa shape index (κ2) is 8.36. The maximum Gasteiger partial charge on any atom is 0.416 e. The summed E-state index contributed by atoms with van der Waals surface area (Å²) >= 11 is 5.88. The number of benzene rings is 1. The molecule has 1 aliphatic carbocycles. The van der Waals surface area contributed by atoms with Crippen molar-refractivity contribution in [2.45, 2.75) is 43.2 Å². The van der Waals surface area contributed by atoms with E-state index in [1.165, 1.54) is 6.26 Å². The molecule has 1 aromatic rings. The van der Waals surface area contributed by atoms with Gasteiger partial charge in [-0.25, -0.2) is 8.42 Å². The van der Waals surface area contributed by atoms with Crippen LogP contribution in [0.4, 0.5) is 18.9 Å². The zero-order valence-electron chi connectivity index (χ0n) is 15.0. The predicted octanol–water partition coefficient (Wildman–Crippen LogP) is 3.58. The van der Waals surface area contributed by atoms with Gasteiger partial charge in [0.2, 0.25) is 5.91 Å². The number of halogens is 4. The Balaban J connectivity index is 2.09. The third kappa shape index (κ3) is 5.83. The third-order valence-corrected chi connectivity index (χ3v) is 6.72. The number of nitrogens with one attached hydrogen (secondary N) is 1. The Bertz CT molecular complexity index is 799. The van der Waals surface area contributed by atoms with E-state index in [2.05, 4.69) is 5.32 Å². The van der Waals surface area contributed by atoms with E-state index in [9.17, 15) is 26.4 Å². The van der Waals surface area contributed by atoms with Crippen LogP contribution in [0.5, 0.6) is 0 Å². The number of nitrogens with zero attached hydrogens (tertiary/aromatic N) is 1. The highest BCUT2D eigenvalue weighted by Gasteiger charge is 2.36. The second-order valence-electron chi connectivity index (χ2n) is 6.88. The lowest BCUT2D eigenvalue weighted by atomic mass is 9.94. The molecule has 1 N–H and O–H groups in total. The van der Waals surface area contributed by atoms with Crippen LogP contribution in [-0.4, -0.2) is 50.4 Å². The number of amides is 1. The number of hydrogen-bond acceptors (Lipinski definition) is 4. The van der Waals surface area contributed by atoms with Gasteiger partial charge < -0.3 is 5.32 Å². The summed E-state index contributed by atoms with van der Waals surface area (Å²) in [7, 11) is -1.62. The minimum atomic E-state index is -4.55. The summed E-state index contributed by atoms with van der Waals surface area (Å²) in [6.07, 6.45) is -0.505. The Morgan fingerprint density at radius 1 is 1.30 bits per heavy atom. The maximum atomic E-state index is 12.8. The molecule has 0 bridgehead atoms. The minimum absolute atomic E-state index is 0.00863. The quantitative estimate of drug-likeness (QED) is 0.781. The van der Waals surface area contributed by atoms with E-state index in [0.29, 0.717) is 12.8 Å². The average Bonchev–Trinajstić information content (AvgIpc) is 2.55. The molecule has 2 atom stereocenters. The number of anilines is 1. The standard InChI is InChI=1S/C17H22ClF3N2O3S/c1-23(14-5-3-4-6-15(14)27(2,25)26)10-16(24)22-13-9-11(17(19,20)21)7-8-12(13)18/h7-9,14-15H,3-6,10H2,1-2H3,(H,22,24). The van der Waals surface area contributed by atoms with Crippen LogP contribution in [0.2, 0.25) is 5.02 Å². The van der Waals surface area contributed by atoms with Gasteiger partial charge in [-0.3, -0.25) is 9.69 Å². The third-order valence-electron chi connectivity index (χ3n) is 4.74. The average molecular weight is 427 g/mol. The molecule has 1 aliphatic rings. The van der Waals surface area contributed by atoms with Crippen LogP contribution in [0, 0.1) is 0 Å². The summed E-state index contributed by atoms with van der Waals surface area (Å²) in [6, 6.07) is 2.38. The van der Waals surface area contributed by atoms with E-state index in [1.54, 1.807) is 11.9 Å². The van der Waals surface area contributed by atoms with Crippen LogP contribution >= 0.6 is 11.6 Å². The molecule has 0 saturated heterocycles. The molecule has 1 amide bonds. The SMILES string of the molecule is CN(CC(=O)Nc1cc(C(F)(F)F)ccc1Cl)C1CCCCC1S(C)(=O)=O. The topological polar surface area (TPSA) is 66.5 Å². The molecule has 0 spiro atoms. The molecule has 0 aliphatic heterocycles. The monoisotopic (exact) mass is 426 g/mol. The largest absolute Gasteiger partial charge is 0.416 e. The van der Waals surface area contributed by atoms with Gasteiger partial charge in [-0.05, 0) is 38.1 Å². The fourth-order valence-electron chi connectivity index (χ4n) is 3.41. The fraction of sp³-hybridized carbons (Fsp3) is 0.588. The summed E-state index contributed by atoms with van der Waals surface area (Å²) in [5.74, 6) is -0.559. The molecule has 1 fully saturated rings. The molecule has 1 saturated carbocycles. The van der Waals surface area contributed by atoms with Crippen LogP contribution in [0.1, 0.15) is 31.2 Å². The van der Waals surface area contributed by atoms with Crippen molar-refractivity contribution in [3.05, 3.63) is 28.8 Å². The zero-order valence-corrected chi connectivity index (χ0v) is 16.6. The number of rotatable bonds is 5. The first-order chi connectivity index (χ1) is 12.4. The minimum Gasteiger partial charge on any atom is -0.324 e. The molecule has 27 heavy (non-hydrogen) atoms. The number of alkyl halides is 3. The summed E-state index contributed by atoms with van der Waals surface area (Å²) in [6.45, 7) is -0.150. The van der Waals surface area contributed by atoms with Gasteiger partial charge in [0.25, 0.3) is 0 Å². The molecule has 10 heteroatoms. The Kier molecular flexibility index (Phi) is 6.81. The molecule has 1 aromatic carbocycles. The number of sulfone groups is 1. The van der Waals surface area contributed by atoms with Crippen LogP contribution in [-0.2, 0) is 20.8 Å². The van der Waals surface area contributed by atoms with Crippen molar-refractivity contribution in [3.63, 3.8) is 0 Å². The van der Waals surface area contributed by atoms with Crippen molar-refractivity contribution in [2.24, 2.45) is 0 Å². The van der Waals surface area contributed by atoms with E-state index in [4.69, 9.17) is 11.6 Å². The molecule has 2 rings (SSSR count). The van der Waals surface area contributed by atoms with Gasteiger partial charge in [-0.1, -0.05) is 24.4 Å². The summed E-state index contributed by atoms with van der Waals surface area (Å²) in [4.78, 5) is 13.9. The molecule has 0 heterocycles. The van der Waals surface area contributed by atoms with E-state index in [0.717, 1.165) is 31.0 Å². The smallest absolute Gasteiger partial charge is 0.324 e. The van der Waals surface area contributed by atoms with Gasteiger partial charge in [0.15, 0.2) is 9.84 Å². The molecular weight excluding hydrogens is 405 g/mol. The first kappa shape index (κ1) is 22.0. The Morgan fingerprint density at radius 2 is 1.93 bits per heavy atom. The van der Waals surface area contributed by atoms with Gasteiger partial charge in [0.05, 0.1) is 28.1 Å². The van der Waals surface area contributed by atoms with Crippen LogP contribution in [0.15, 0.2) is 18.2 Å². The van der Waals surface area contributed by atoms with Crippen molar-refractivity contribution in [3.8, 4) is 0 Å². The van der Waals surface area contributed by atoms with Crippen molar-refractivity contribution in [1.29, 1.82) is 0 Å². The number of carbonyl (C=O) groups is 1. The number of likely N-dealkylation sites (N-methyl/N-ethyl adjacent to an activating group) is 1. The highest BCUT2D eigenvalue weighted by Crippen LogP contribution is 2.34. The van der Waals surface area contributed by atoms with Crippen LogP contribution in [0.25, 0.3) is 0 Å². The van der Waals surface area contributed by atoms with E-state index >= 15 is 0 Å². The molecule has 2 unspecified atom stereocenters. The van der Waals surface area contributed by atoms with E-state index in [1.807, 2.05) is 0 Å². The van der Waals surface area contributed by atoms with E-state index < -0.39 is 32.7 Å². The predicted molar refractivity (Wildman–Crippen MR) is 98.6 cm³/mol. The zero-order chi connectivity index (χ0) is 20.4. The molecule has 5 nitrogen and oxygen atoms in total. The first-order valence-electron chi connectivity index (χ1n) is 8.45. The summed E-state index contributed by atoms with van der Waals surface area (Å²) in [5.41, 5.74) is -1.05. The Morgan fingerprint density at radius 3 is 2.52 bits per heavy atom. The highest BCUT2D eigenvalue weighted by atomic mass is 35.5. The highest BCUT2D eigenvalue weighted by molar-refractivity contribution is 7.91. The number of carbonyl (C=O) groups excluding carboxylic acids is 1. The van der Waals surface area contributed by atoms with Crippen LogP contribution < -0.4 is 5.32 Å². The van der Waals surface area contributed by atoms with Gasteiger partial charge >= 0.3 is 6.18 Å². The summed E-state index contributed by atoms with van der Waals surface area (Å²) in [5, 5.41) is 1.82. The molecule has 152 valence electrons. The summed E-state index contributed by atoms with van der Waals surface area (Å²) < 4.78 is 62.5. The fourth-order valence-corrected chi connectivity index (χ4v) is 5.09. The lowest BCUT2D eigenvalue weighted by Gasteiger charge is -2.36. The van der Waals surface area contributed by atoms with Gasteiger partial charge in [-0.2, -0.15) is 13.2 Å². The molecular formula is C17H22ClF3N2O3S. The first-order valence-corrected chi connectivity index (χ1v) is 10.8. The van der Waals surface area contributed by atoms with Crippen LogP contribution in [0.3, 0.4) is 0 Å². The molecule has 0 radical (unpaired) electrons. The second-order valence-corrected chi connectivity index (χ2v) is 9.55. The van der Waals surface area contributed by atoms with Gasteiger partial charge in [0.1, 0.15) is 0 Å². The van der Waals surface area contributed by atoms with Gasteiger partial charge in [-0.15, -0.1) is 0 Å². The van der Waals surface area contributed by atoms with Gasteiger partial charge in [0, 0.05) is 12.3 Å². The lowest BCUT2D eigenvalue weighted by molar-refractivity contribution is -0.137. The lowest BCUT2D eigenvalue weighted by Crippen LogP contribution is -2.49.